The normalized spacial score (nSPS) is 16.6. The molecule has 3 aromatic rings. The molecule has 0 aliphatic carbocycles. The predicted octanol–water partition coefficient (Wildman–Crippen LogP) is 3.50. The molecule has 2 aromatic carbocycles. The first kappa shape index (κ1) is 24.3. The van der Waals surface area contributed by atoms with Gasteiger partial charge in [0.05, 0.1) is 15.5 Å². The van der Waals surface area contributed by atoms with Crippen LogP contribution in [0.25, 0.3) is 11.1 Å². The largest absolute Gasteiger partial charge is 0.417 e. The van der Waals surface area contributed by atoms with Crippen LogP contribution in [-0.4, -0.2) is 42.7 Å². The van der Waals surface area contributed by atoms with Crippen molar-refractivity contribution in [2.75, 3.05) is 24.1 Å². The second-order valence-corrected chi connectivity index (χ2v) is 9.89. The summed E-state index contributed by atoms with van der Waals surface area (Å²) in [5, 5.41) is 11.7. The molecule has 9 nitrogen and oxygen atoms in total. The summed E-state index contributed by atoms with van der Waals surface area (Å²) in [7, 11) is -3.82. The molecule has 34 heavy (non-hydrogen) atoms. The quantitative estimate of drug-likeness (QED) is 0.324. The highest BCUT2D eigenvalue weighted by Crippen LogP contribution is 2.43. The molecule has 1 aliphatic heterocycles. The zero-order valence-electron chi connectivity index (χ0n) is 17.6. The predicted molar refractivity (Wildman–Crippen MR) is 122 cm³/mol. The number of nitrogens with one attached hydrogen (secondary N) is 4. The van der Waals surface area contributed by atoms with Crippen molar-refractivity contribution in [2.45, 2.75) is 30.0 Å². The SMILES string of the molecule is Nc1nc(Nc2cc(Cl)c(-c3ccc(S(=O)(=O)NC[C@@H]4CCCN4)cc3)c(C(F)(F)F)c2)n[nH]1. The van der Waals surface area contributed by atoms with E-state index >= 15 is 0 Å². The van der Waals surface area contributed by atoms with Gasteiger partial charge in [-0.3, -0.25) is 0 Å². The van der Waals surface area contributed by atoms with Crippen molar-refractivity contribution in [3.8, 4) is 11.1 Å². The summed E-state index contributed by atoms with van der Waals surface area (Å²) in [6.07, 6.45) is -2.89. The van der Waals surface area contributed by atoms with Crippen molar-refractivity contribution in [1.29, 1.82) is 0 Å². The zero-order chi connectivity index (χ0) is 24.5. The fourth-order valence-corrected chi connectivity index (χ4v) is 5.09. The van der Waals surface area contributed by atoms with Crippen LogP contribution in [0.5, 0.6) is 0 Å². The van der Waals surface area contributed by atoms with Crippen molar-refractivity contribution < 1.29 is 21.6 Å². The summed E-state index contributed by atoms with van der Waals surface area (Å²) in [5.74, 6) is -0.0328. The van der Waals surface area contributed by atoms with Crippen LogP contribution < -0.4 is 21.1 Å². The lowest BCUT2D eigenvalue weighted by atomic mass is 9.98. The van der Waals surface area contributed by atoms with Gasteiger partial charge in [-0.2, -0.15) is 18.2 Å². The van der Waals surface area contributed by atoms with Crippen LogP contribution in [0.1, 0.15) is 18.4 Å². The van der Waals surface area contributed by atoms with Crippen LogP contribution in [-0.2, 0) is 16.2 Å². The lowest BCUT2D eigenvalue weighted by molar-refractivity contribution is -0.137. The highest BCUT2D eigenvalue weighted by Gasteiger charge is 2.35. The minimum Gasteiger partial charge on any atom is -0.368 e. The Kier molecular flexibility index (Phi) is 6.71. The number of hydrogen-bond acceptors (Lipinski definition) is 7. The third kappa shape index (κ3) is 5.43. The van der Waals surface area contributed by atoms with Crippen molar-refractivity contribution >= 4 is 39.2 Å². The average molecular weight is 516 g/mol. The topological polar surface area (TPSA) is 138 Å². The molecule has 4 rings (SSSR count). The highest BCUT2D eigenvalue weighted by atomic mass is 35.5. The van der Waals surface area contributed by atoms with Gasteiger partial charge in [-0.05, 0) is 49.2 Å². The lowest BCUT2D eigenvalue weighted by Crippen LogP contribution is -2.37. The van der Waals surface area contributed by atoms with E-state index in [-0.39, 0.29) is 51.2 Å². The van der Waals surface area contributed by atoms with Crippen LogP contribution in [0.2, 0.25) is 5.02 Å². The number of H-pyrrole nitrogens is 1. The number of anilines is 3. The smallest absolute Gasteiger partial charge is 0.368 e. The molecule has 0 unspecified atom stereocenters. The molecule has 1 aromatic heterocycles. The lowest BCUT2D eigenvalue weighted by Gasteiger charge is -2.17. The van der Waals surface area contributed by atoms with E-state index in [1.807, 2.05) is 0 Å². The van der Waals surface area contributed by atoms with E-state index in [1.165, 1.54) is 30.3 Å². The molecule has 1 atom stereocenters. The maximum Gasteiger partial charge on any atom is 0.417 e. The molecule has 6 N–H and O–H groups in total. The molecule has 0 saturated carbocycles. The standard InChI is InChI=1S/C20H21ClF3N7O2S/c21-16-9-13(28-19-29-18(25)30-31-19)8-15(20(22,23)24)17(16)11-3-5-14(6-4-11)34(32,33)27-10-12-2-1-7-26-12/h3-6,8-9,12,26-27H,1-2,7,10H2,(H4,25,28,29,30,31)/t12-/m0/s1. The molecular weight excluding hydrogens is 495 g/mol. The number of aromatic nitrogens is 3. The van der Waals surface area contributed by atoms with Crippen molar-refractivity contribution in [3.63, 3.8) is 0 Å². The second kappa shape index (κ2) is 9.41. The van der Waals surface area contributed by atoms with Crippen LogP contribution in [0, 0.1) is 0 Å². The Bertz CT molecular complexity index is 1270. The molecule has 0 radical (unpaired) electrons. The fraction of sp³-hybridized carbons (Fsp3) is 0.300. The third-order valence-electron chi connectivity index (χ3n) is 5.29. The van der Waals surface area contributed by atoms with Crippen molar-refractivity contribution in [3.05, 3.63) is 47.0 Å². The first-order chi connectivity index (χ1) is 16.0. The number of alkyl halides is 3. The van der Waals surface area contributed by atoms with E-state index in [9.17, 15) is 21.6 Å². The Morgan fingerprint density at radius 2 is 1.94 bits per heavy atom. The first-order valence-electron chi connectivity index (χ1n) is 10.2. The molecule has 1 aliphatic rings. The number of hydrogen-bond donors (Lipinski definition) is 5. The number of nitrogens with two attached hydrogens (primary N) is 1. The number of nitrogens with zero attached hydrogens (tertiary/aromatic N) is 2. The molecule has 14 heteroatoms. The van der Waals surface area contributed by atoms with Gasteiger partial charge < -0.3 is 16.4 Å². The number of rotatable bonds is 7. The Balaban J connectivity index is 1.62. The fourth-order valence-electron chi connectivity index (χ4n) is 3.68. The Hall–Kier alpha value is -2.87. The van der Waals surface area contributed by atoms with Crippen molar-refractivity contribution in [1.82, 2.24) is 25.2 Å². The van der Waals surface area contributed by atoms with Gasteiger partial charge in [-0.15, -0.1) is 5.10 Å². The minimum atomic E-state index is -4.74. The van der Waals surface area contributed by atoms with Gasteiger partial charge in [0.15, 0.2) is 0 Å². The van der Waals surface area contributed by atoms with Crippen LogP contribution in [0.15, 0.2) is 41.3 Å². The van der Waals surface area contributed by atoms with E-state index in [0.29, 0.717) is 0 Å². The number of halogens is 4. The van der Waals surface area contributed by atoms with Crippen LogP contribution in [0.3, 0.4) is 0 Å². The van der Waals surface area contributed by atoms with Gasteiger partial charge in [-0.25, -0.2) is 18.2 Å². The number of benzene rings is 2. The summed E-state index contributed by atoms with van der Waals surface area (Å²) in [6, 6.07) is 7.30. The third-order valence-corrected chi connectivity index (χ3v) is 7.03. The van der Waals surface area contributed by atoms with Gasteiger partial charge in [0.25, 0.3) is 0 Å². The van der Waals surface area contributed by atoms with Gasteiger partial charge in [0.2, 0.25) is 21.9 Å². The second-order valence-electron chi connectivity index (χ2n) is 7.72. The zero-order valence-corrected chi connectivity index (χ0v) is 19.2. The number of sulfonamides is 1. The van der Waals surface area contributed by atoms with E-state index in [0.717, 1.165) is 25.5 Å². The summed E-state index contributed by atoms with van der Waals surface area (Å²) < 4.78 is 69.4. The van der Waals surface area contributed by atoms with E-state index in [1.54, 1.807) is 0 Å². The Morgan fingerprint density at radius 3 is 2.53 bits per heavy atom. The first-order valence-corrected chi connectivity index (χ1v) is 12.1. The van der Waals surface area contributed by atoms with E-state index in [2.05, 4.69) is 30.5 Å². The Labute approximate surface area is 198 Å². The van der Waals surface area contributed by atoms with E-state index in [4.69, 9.17) is 17.3 Å². The summed E-state index contributed by atoms with van der Waals surface area (Å²) >= 11 is 6.25. The van der Waals surface area contributed by atoms with Gasteiger partial charge in [0.1, 0.15) is 0 Å². The summed E-state index contributed by atoms with van der Waals surface area (Å²) in [6.45, 7) is 1.07. The monoisotopic (exact) mass is 515 g/mol. The molecule has 0 amide bonds. The molecular formula is C20H21ClF3N7O2S. The van der Waals surface area contributed by atoms with Gasteiger partial charge in [-0.1, -0.05) is 23.7 Å². The van der Waals surface area contributed by atoms with Crippen LogP contribution in [0.4, 0.5) is 30.8 Å². The molecule has 0 bridgehead atoms. The molecule has 182 valence electrons. The van der Waals surface area contributed by atoms with Crippen molar-refractivity contribution in [2.24, 2.45) is 0 Å². The number of nitrogen functional groups attached to an aromatic ring is 1. The maximum atomic E-state index is 13.9. The Morgan fingerprint density at radius 1 is 1.21 bits per heavy atom. The van der Waals surface area contributed by atoms with Gasteiger partial charge in [0, 0.05) is 23.8 Å². The summed E-state index contributed by atoms with van der Waals surface area (Å²) in [5.41, 5.74) is 4.26. The molecule has 2 heterocycles. The highest BCUT2D eigenvalue weighted by molar-refractivity contribution is 7.89. The molecule has 1 saturated heterocycles. The molecule has 1 fully saturated rings. The van der Waals surface area contributed by atoms with Crippen LogP contribution >= 0.6 is 11.6 Å². The summed E-state index contributed by atoms with van der Waals surface area (Å²) in [4.78, 5) is 3.73. The molecule has 0 spiro atoms. The minimum absolute atomic E-state index is 0.00370. The van der Waals surface area contributed by atoms with Gasteiger partial charge >= 0.3 is 6.18 Å². The average Bonchev–Trinajstić information content (AvgIpc) is 3.43. The maximum absolute atomic E-state index is 13.9. The van der Waals surface area contributed by atoms with E-state index < -0.39 is 21.8 Å². The number of aromatic amines is 1.